The Morgan fingerprint density at radius 2 is 1.95 bits per heavy atom. The first-order valence-corrected chi connectivity index (χ1v) is 6.62. The van der Waals surface area contributed by atoms with Crippen molar-refractivity contribution in [2.45, 2.75) is 13.8 Å². The van der Waals surface area contributed by atoms with Crippen molar-refractivity contribution in [3.8, 4) is 5.69 Å². The molecule has 0 spiro atoms. The van der Waals surface area contributed by atoms with E-state index in [1.807, 2.05) is 30.3 Å². The van der Waals surface area contributed by atoms with E-state index < -0.39 is 0 Å². The van der Waals surface area contributed by atoms with Crippen LogP contribution in [0.2, 0.25) is 0 Å². The van der Waals surface area contributed by atoms with Crippen molar-refractivity contribution in [3.63, 3.8) is 0 Å². The Labute approximate surface area is 116 Å². The van der Waals surface area contributed by atoms with Gasteiger partial charge in [0.25, 0.3) is 0 Å². The minimum atomic E-state index is 0.532. The van der Waals surface area contributed by atoms with Crippen molar-refractivity contribution in [1.29, 1.82) is 0 Å². The van der Waals surface area contributed by atoms with Crippen LogP contribution in [-0.4, -0.2) is 31.7 Å². The fourth-order valence-corrected chi connectivity index (χ4v) is 1.96. The van der Waals surface area contributed by atoms with Gasteiger partial charge in [-0.3, -0.25) is 0 Å². The van der Waals surface area contributed by atoms with Crippen molar-refractivity contribution >= 4 is 16.9 Å². The molecule has 6 heteroatoms. The SMILES string of the molecule is CC(C)CNc1nnnc2c1cnn2-c1ccccc1. The van der Waals surface area contributed by atoms with Gasteiger partial charge in [-0.05, 0) is 23.3 Å². The van der Waals surface area contributed by atoms with E-state index in [2.05, 4.69) is 39.7 Å². The molecule has 2 heterocycles. The van der Waals surface area contributed by atoms with Gasteiger partial charge >= 0.3 is 0 Å². The molecule has 0 unspecified atom stereocenters. The molecule has 0 radical (unpaired) electrons. The zero-order valence-electron chi connectivity index (χ0n) is 11.5. The van der Waals surface area contributed by atoms with Crippen LogP contribution in [0.15, 0.2) is 36.5 Å². The second-order valence-electron chi connectivity index (χ2n) is 5.04. The molecule has 2 aromatic heterocycles. The van der Waals surface area contributed by atoms with Gasteiger partial charge in [0.15, 0.2) is 11.5 Å². The topological polar surface area (TPSA) is 68.5 Å². The molecule has 0 saturated carbocycles. The summed E-state index contributed by atoms with van der Waals surface area (Å²) in [4.78, 5) is 0. The number of nitrogens with zero attached hydrogens (tertiary/aromatic N) is 5. The molecule has 1 aromatic carbocycles. The minimum absolute atomic E-state index is 0.532. The Bertz CT molecular complexity index is 704. The number of aromatic nitrogens is 5. The highest BCUT2D eigenvalue weighted by atomic mass is 15.4. The molecule has 3 rings (SSSR count). The zero-order chi connectivity index (χ0) is 13.9. The average Bonchev–Trinajstić information content (AvgIpc) is 2.90. The minimum Gasteiger partial charge on any atom is -0.368 e. The monoisotopic (exact) mass is 268 g/mol. The Morgan fingerprint density at radius 3 is 2.70 bits per heavy atom. The predicted molar refractivity (Wildman–Crippen MR) is 77.8 cm³/mol. The first-order valence-electron chi connectivity index (χ1n) is 6.62. The lowest BCUT2D eigenvalue weighted by atomic mass is 10.2. The van der Waals surface area contributed by atoms with Crippen LogP contribution >= 0.6 is 0 Å². The van der Waals surface area contributed by atoms with E-state index in [1.54, 1.807) is 10.9 Å². The van der Waals surface area contributed by atoms with Crippen molar-refractivity contribution in [3.05, 3.63) is 36.5 Å². The maximum absolute atomic E-state index is 4.39. The largest absolute Gasteiger partial charge is 0.368 e. The van der Waals surface area contributed by atoms with Gasteiger partial charge in [-0.25, -0.2) is 4.68 Å². The Balaban J connectivity index is 2.03. The van der Waals surface area contributed by atoms with Crippen molar-refractivity contribution in [1.82, 2.24) is 25.2 Å². The molecule has 0 aliphatic carbocycles. The van der Waals surface area contributed by atoms with Crippen LogP contribution in [0.3, 0.4) is 0 Å². The van der Waals surface area contributed by atoms with Crippen molar-refractivity contribution < 1.29 is 0 Å². The average molecular weight is 268 g/mol. The number of rotatable bonds is 4. The summed E-state index contributed by atoms with van der Waals surface area (Å²) in [5.41, 5.74) is 1.66. The van der Waals surface area contributed by atoms with Gasteiger partial charge in [-0.2, -0.15) is 5.10 Å². The van der Waals surface area contributed by atoms with E-state index in [1.165, 1.54) is 0 Å². The normalized spacial score (nSPS) is 11.2. The quantitative estimate of drug-likeness (QED) is 0.786. The van der Waals surface area contributed by atoms with Crippen LogP contribution < -0.4 is 5.32 Å². The molecule has 0 amide bonds. The van der Waals surface area contributed by atoms with E-state index >= 15 is 0 Å². The summed E-state index contributed by atoms with van der Waals surface area (Å²) in [5.74, 6) is 1.26. The first kappa shape index (κ1) is 12.5. The van der Waals surface area contributed by atoms with E-state index in [0.29, 0.717) is 11.6 Å². The first-order chi connectivity index (χ1) is 9.75. The summed E-state index contributed by atoms with van der Waals surface area (Å²) in [6, 6.07) is 9.87. The van der Waals surface area contributed by atoms with Gasteiger partial charge in [0, 0.05) is 6.54 Å². The maximum Gasteiger partial charge on any atom is 0.190 e. The summed E-state index contributed by atoms with van der Waals surface area (Å²) >= 11 is 0. The number of nitrogens with one attached hydrogen (secondary N) is 1. The number of hydrogen-bond donors (Lipinski definition) is 1. The molecular weight excluding hydrogens is 252 g/mol. The Morgan fingerprint density at radius 1 is 1.15 bits per heavy atom. The highest BCUT2D eigenvalue weighted by Crippen LogP contribution is 2.20. The summed E-state index contributed by atoms with van der Waals surface area (Å²) in [6.07, 6.45) is 1.77. The van der Waals surface area contributed by atoms with Crippen LogP contribution in [0.4, 0.5) is 5.82 Å². The van der Waals surface area contributed by atoms with E-state index in [-0.39, 0.29) is 0 Å². The summed E-state index contributed by atoms with van der Waals surface area (Å²) in [5, 5.41) is 20.5. The standard InChI is InChI=1S/C14H16N6/c1-10(2)8-15-13-12-9-16-20(14(12)18-19-17-13)11-6-4-3-5-7-11/h3-7,9-10H,8H2,1-2H3,(H,15,17,18). The van der Waals surface area contributed by atoms with Crippen LogP contribution in [0.5, 0.6) is 0 Å². The molecule has 102 valence electrons. The molecular formula is C14H16N6. The number of anilines is 1. The van der Waals surface area contributed by atoms with Gasteiger partial charge in [0.2, 0.25) is 0 Å². The van der Waals surface area contributed by atoms with Crippen molar-refractivity contribution in [2.75, 3.05) is 11.9 Å². The smallest absolute Gasteiger partial charge is 0.190 e. The third kappa shape index (κ3) is 2.32. The molecule has 0 aliphatic rings. The molecule has 0 atom stereocenters. The van der Waals surface area contributed by atoms with E-state index in [9.17, 15) is 0 Å². The number of para-hydroxylation sites is 1. The third-order valence-corrected chi connectivity index (χ3v) is 2.96. The lowest BCUT2D eigenvalue weighted by molar-refractivity contribution is 0.685. The second-order valence-corrected chi connectivity index (χ2v) is 5.04. The molecule has 6 nitrogen and oxygen atoms in total. The Hall–Kier alpha value is -2.50. The van der Waals surface area contributed by atoms with Crippen LogP contribution in [0.25, 0.3) is 16.7 Å². The van der Waals surface area contributed by atoms with Crippen molar-refractivity contribution in [2.24, 2.45) is 5.92 Å². The zero-order valence-corrected chi connectivity index (χ0v) is 11.5. The van der Waals surface area contributed by atoms with Crippen LogP contribution in [0, 0.1) is 5.92 Å². The molecule has 0 bridgehead atoms. The van der Waals surface area contributed by atoms with Gasteiger partial charge < -0.3 is 5.32 Å². The molecule has 0 aliphatic heterocycles. The van der Waals surface area contributed by atoms with Gasteiger partial charge in [-0.15, -0.1) is 10.2 Å². The summed E-state index contributed by atoms with van der Waals surface area (Å²) < 4.78 is 1.77. The number of fused-ring (bicyclic) bond motifs is 1. The summed E-state index contributed by atoms with van der Waals surface area (Å²) in [6.45, 7) is 5.13. The lowest BCUT2D eigenvalue weighted by Gasteiger charge is -2.07. The molecule has 1 N–H and O–H groups in total. The fraction of sp³-hybridized carbons (Fsp3) is 0.286. The lowest BCUT2D eigenvalue weighted by Crippen LogP contribution is -2.10. The summed E-state index contributed by atoms with van der Waals surface area (Å²) in [7, 11) is 0. The Kier molecular flexibility index (Phi) is 3.28. The van der Waals surface area contributed by atoms with Crippen LogP contribution in [-0.2, 0) is 0 Å². The molecule has 0 fully saturated rings. The predicted octanol–water partition coefficient (Wildman–Crippen LogP) is 2.28. The van der Waals surface area contributed by atoms with Gasteiger partial charge in [0.1, 0.15) is 0 Å². The van der Waals surface area contributed by atoms with Gasteiger partial charge in [-0.1, -0.05) is 32.0 Å². The number of benzene rings is 1. The molecule has 0 saturated heterocycles. The van der Waals surface area contributed by atoms with Gasteiger partial charge in [0.05, 0.1) is 17.3 Å². The van der Waals surface area contributed by atoms with Crippen LogP contribution in [0.1, 0.15) is 13.8 Å². The molecule has 20 heavy (non-hydrogen) atoms. The fourth-order valence-electron chi connectivity index (χ4n) is 1.96. The number of hydrogen-bond acceptors (Lipinski definition) is 5. The van der Waals surface area contributed by atoms with E-state index in [0.717, 1.165) is 23.4 Å². The highest BCUT2D eigenvalue weighted by molar-refractivity contribution is 5.86. The highest BCUT2D eigenvalue weighted by Gasteiger charge is 2.11. The maximum atomic E-state index is 4.39. The third-order valence-electron chi connectivity index (χ3n) is 2.96. The molecule has 3 aromatic rings. The second kappa shape index (κ2) is 5.24. The van der Waals surface area contributed by atoms with E-state index in [4.69, 9.17) is 0 Å².